The maximum absolute atomic E-state index is 9.38. The maximum Gasteiger partial charge on any atom is 0.466 e. The SMILES string of the molecule is O=P(O)(O)O.Oc1c[nH]c2ccc(Br)c(Cl)c12. The van der Waals surface area contributed by atoms with Crippen LogP contribution in [0.2, 0.25) is 5.02 Å². The number of phosphoric acid groups is 1. The van der Waals surface area contributed by atoms with Crippen LogP contribution in [-0.2, 0) is 4.57 Å². The van der Waals surface area contributed by atoms with Gasteiger partial charge in [-0.25, -0.2) is 4.57 Å². The van der Waals surface area contributed by atoms with Crippen molar-refractivity contribution in [1.29, 1.82) is 0 Å². The van der Waals surface area contributed by atoms with Crippen LogP contribution in [0.4, 0.5) is 0 Å². The van der Waals surface area contributed by atoms with E-state index in [0.717, 1.165) is 9.99 Å². The first-order valence-electron chi connectivity index (χ1n) is 4.12. The monoisotopic (exact) mass is 343 g/mol. The molecular formula is C8H8BrClNO5P. The lowest BCUT2D eigenvalue weighted by molar-refractivity contribution is 0.275. The molecular weight excluding hydrogens is 336 g/mol. The molecule has 0 amide bonds. The Morgan fingerprint density at radius 3 is 2.35 bits per heavy atom. The van der Waals surface area contributed by atoms with Crippen molar-refractivity contribution in [2.24, 2.45) is 0 Å². The topological polar surface area (TPSA) is 114 Å². The van der Waals surface area contributed by atoms with Crippen molar-refractivity contribution in [3.63, 3.8) is 0 Å². The minimum absolute atomic E-state index is 0.177. The van der Waals surface area contributed by atoms with Gasteiger partial charge in [-0.2, -0.15) is 0 Å². The molecule has 0 radical (unpaired) electrons. The van der Waals surface area contributed by atoms with Crippen LogP contribution in [0.3, 0.4) is 0 Å². The van der Waals surface area contributed by atoms with E-state index in [1.807, 2.05) is 12.1 Å². The van der Waals surface area contributed by atoms with E-state index < -0.39 is 7.82 Å². The van der Waals surface area contributed by atoms with Crippen molar-refractivity contribution in [3.8, 4) is 5.75 Å². The van der Waals surface area contributed by atoms with Gasteiger partial charge in [-0.15, -0.1) is 0 Å². The number of H-pyrrole nitrogens is 1. The third kappa shape index (κ3) is 4.31. The molecule has 0 aliphatic heterocycles. The summed E-state index contributed by atoms with van der Waals surface area (Å²) < 4.78 is 9.67. The van der Waals surface area contributed by atoms with Gasteiger partial charge in [-0.1, -0.05) is 11.6 Å². The molecule has 9 heteroatoms. The highest BCUT2D eigenvalue weighted by Gasteiger charge is 2.08. The third-order valence-corrected chi connectivity index (χ3v) is 3.00. The summed E-state index contributed by atoms with van der Waals surface area (Å²) in [6, 6.07) is 3.69. The summed E-state index contributed by atoms with van der Waals surface area (Å²) in [5.41, 5.74) is 0.834. The molecule has 0 bridgehead atoms. The van der Waals surface area contributed by atoms with Crippen molar-refractivity contribution in [2.45, 2.75) is 0 Å². The minimum atomic E-state index is -4.64. The van der Waals surface area contributed by atoms with Crippen molar-refractivity contribution in [1.82, 2.24) is 4.98 Å². The van der Waals surface area contributed by atoms with Gasteiger partial charge in [0.15, 0.2) is 0 Å². The molecule has 0 fully saturated rings. The smallest absolute Gasteiger partial charge is 0.466 e. The molecule has 0 spiro atoms. The van der Waals surface area contributed by atoms with Gasteiger partial charge in [0.25, 0.3) is 0 Å². The lowest BCUT2D eigenvalue weighted by Crippen LogP contribution is -1.71. The standard InChI is InChI=1S/C8H5BrClNO.H3O4P/c9-4-1-2-5-7(8(4)10)6(12)3-11-5;1-5(2,3)4/h1-3,11-12H;(H3,1,2,3,4). The summed E-state index contributed by atoms with van der Waals surface area (Å²) in [6.07, 6.45) is 1.52. The average Bonchev–Trinajstić information content (AvgIpc) is 2.52. The molecule has 17 heavy (non-hydrogen) atoms. The Balaban J connectivity index is 0.000000249. The maximum atomic E-state index is 9.38. The van der Waals surface area contributed by atoms with Gasteiger partial charge in [0.1, 0.15) is 5.75 Å². The molecule has 0 saturated heterocycles. The highest BCUT2D eigenvalue weighted by molar-refractivity contribution is 9.10. The number of aromatic amines is 1. The molecule has 1 aromatic heterocycles. The number of benzene rings is 1. The second-order valence-corrected chi connectivity index (χ2v) is 5.23. The van der Waals surface area contributed by atoms with E-state index in [-0.39, 0.29) is 5.75 Å². The number of aromatic hydroxyl groups is 1. The molecule has 0 aliphatic carbocycles. The Morgan fingerprint density at radius 1 is 1.29 bits per heavy atom. The van der Waals surface area contributed by atoms with Gasteiger partial charge in [0.2, 0.25) is 0 Å². The number of halogens is 2. The van der Waals surface area contributed by atoms with Gasteiger partial charge in [0, 0.05) is 10.7 Å². The highest BCUT2D eigenvalue weighted by Crippen LogP contribution is 2.35. The summed E-state index contributed by atoms with van der Waals surface area (Å²) >= 11 is 9.22. The minimum Gasteiger partial charge on any atom is -0.506 e. The molecule has 0 saturated carbocycles. The van der Waals surface area contributed by atoms with E-state index in [4.69, 9.17) is 30.8 Å². The van der Waals surface area contributed by atoms with Crippen LogP contribution in [-0.4, -0.2) is 24.8 Å². The summed E-state index contributed by atoms with van der Waals surface area (Å²) in [5.74, 6) is 0.177. The summed E-state index contributed by atoms with van der Waals surface area (Å²) in [6.45, 7) is 0. The largest absolute Gasteiger partial charge is 0.506 e. The van der Waals surface area contributed by atoms with Crippen LogP contribution in [0.15, 0.2) is 22.8 Å². The molecule has 5 N–H and O–H groups in total. The summed E-state index contributed by atoms with van der Waals surface area (Å²) in [4.78, 5) is 24.5. The van der Waals surface area contributed by atoms with E-state index in [9.17, 15) is 5.11 Å². The Hall–Kier alpha value is -0.560. The van der Waals surface area contributed by atoms with Gasteiger partial charge in [-0.3, -0.25) is 0 Å². The van der Waals surface area contributed by atoms with Crippen LogP contribution in [0.1, 0.15) is 0 Å². The normalized spacial score (nSPS) is 11.1. The van der Waals surface area contributed by atoms with Crippen molar-refractivity contribution < 1.29 is 24.4 Å². The zero-order valence-electron chi connectivity index (χ0n) is 8.13. The first-order chi connectivity index (χ1) is 7.70. The van der Waals surface area contributed by atoms with Crippen LogP contribution in [0.25, 0.3) is 10.9 Å². The quantitative estimate of drug-likeness (QED) is 0.471. The van der Waals surface area contributed by atoms with Gasteiger partial charge in [-0.05, 0) is 28.1 Å². The van der Waals surface area contributed by atoms with Gasteiger partial charge >= 0.3 is 7.82 Å². The predicted molar refractivity (Wildman–Crippen MR) is 66.9 cm³/mol. The third-order valence-electron chi connectivity index (χ3n) is 1.72. The second kappa shape index (κ2) is 5.39. The fourth-order valence-electron chi connectivity index (χ4n) is 1.14. The molecule has 6 nitrogen and oxygen atoms in total. The van der Waals surface area contributed by atoms with Crippen LogP contribution >= 0.6 is 35.4 Å². The van der Waals surface area contributed by atoms with Crippen molar-refractivity contribution in [2.75, 3.05) is 0 Å². The van der Waals surface area contributed by atoms with Crippen LogP contribution in [0.5, 0.6) is 5.75 Å². The Kier molecular flexibility index (Phi) is 4.60. The number of hydrogen-bond donors (Lipinski definition) is 5. The molecule has 1 heterocycles. The fraction of sp³-hybridized carbons (Fsp3) is 0. The molecule has 0 aliphatic rings. The zero-order valence-corrected chi connectivity index (χ0v) is 11.4. The predicted octanol–water partition coefficient (Wildman–Crippen LogP) is 2.36. The summed E-state index contributed by atoms with van der Waals surface area (Å²) in [5, 5.41) is 10.6. The number of nitrogens with one attached hydrogen (secondary N) is 1. The number of fused-ring (bicyclic) bond motifs is 1. The second-order valence-electron chi connectivity index (χ2n) is 2.97. The van der Waals surface area contributed by atoms with Crippen LogP contribution < -0.4 is 0 Å². The van der Waals surface area contributed by atoms with E-state index >= 15 is 0 Å². The number of hydrogen-bond acceptors (Lipinski definition) is 2. The fourth-order valence-corrected chi connectivity index (χ4v) is 1.73. The number of aromatic nitrogens is 1. The zero-order chi connectivity index (χ0) is 13.2. The first-order valence-corrected chi connectivity index (χ1v) is 6.86. The van der Waals surface area contributed by atoms with E-state index in [2.05, 4.69) is 20.9 Å². The molecule has 0 atom stereocenters. The highest BCUT2D eigenvalue weighted by atomic mass is 79.9. The molecule has 2 aromatic rings. The molecule has 0 unspecified atom stereocenters. The van der Waals surface area contributed by atoms with E-state index in [1.165, 1.54) is 6.20 Å². The number of rotatable bonds is 0. The van der Waals surface area contributed by atoms with Gasteiger partial charge in [0.05, 0.1) is 15.9 Å². The molecule has 2 rings (SSSR count). The molecule has 94 valence electrons. The van der Waals surface area contributed by atoms with E-state index in [0.29, 0.717) is 10.4 Å². The molecule has 1 aromatic carbocycles. The van der Waals surface area contributed by atoms with E-state index in [1.54, 1.807) is 0 Å². The Morgan fingerprint density at radius 2 is 1.82 bits per heavy atom. The van der Waals surface area contributed by atoms with Crippen molar-refractivity contribution in [3.05, 3.63) is 27.8 Å². The Bertz CT molecular complexity index is 572. The Labute approximate surface area is 109 Å². The lowest BCUT2D eigenvalue weighted by Gasteiger charge is -1.97. The van der Waals surface area contributed by atoms with Crippen molar-refractivity contribution >= 4 is 46.3 Å². The van der Waals surface area contributed by atoms with Crippen LogP contribution in [0, 0.1) is 0 Å². The summed E-state index contributed by atoms with van der Waals surface area (Å²) in [7, 11) is -4.64. The lowest BCUT2D eigenvalue weighted by atomic mass is 10.2. The van der Waals surface area contributed by atoms with Gasteiger partial charge < -0.3 is 24.8 Å². The first kappa shape index (κ1) is 14.5. The average molecular weight is 344 g/mol.